The molecular weight excluding hydrogens is 403 g/mol. The number of ether oxygens (including phenoxy) is 1. The highest BCUT2D eigenvalue weighted by Crippen LogP contribution is 2.53. The first-order valence-corrected chi connectivity index (χ1v) is 11.0. The molecule has 1 unspecified atom stereocenters. The summed E-state index contributed by atoms with van der Waals surface area (Å²) in [7, 11) is -4.24. The van der Waals surface area contributed by atoms with Crippen LogP contribution in [0.25, 0.3) is 0 Å². The topological polar surface area (TPSA) is 82.1 Å². The van der Waals surface area contributed by atoms with E-state index >= 15 is 0 Å². The molecule has 0 spiro atoms. The summed E-state index contributed by atoms with van der Waals surface area (Å²) in [6.07, 6.45) is 0. The number of rotatable bonds is 10. The molecule has 1 N–H and O–H groups in total. The molecule has 0 fully saturated rings. The quantitative estimate of drug-likeness (QED) is 0.375. The fourth-order valence-electron chi connectivity index (χ4n) is 2.59. The van der Waals surface area contributed by atoms with Crippen LogP contribution >= 0.6 is 7.60 Å². The standard InChI is InChI=1S/C23H23O6P/c24-22(27-16-19-10-4-1-5-11-19)23(25)30(26,28-17-20-12-6-2-7-13-20)29-18-21-14-8-3-9-15-21/h1-15,23,25H,16-18H2. The Labute approximate surface area is 175 Å². The third-order valence-corrected chi connectivity index (χ3v) is 6.03. The molecule has 3 aromatic carbocycles. The van der Waals surface area contributed by atoms with Crippen molar-refractivity contribution in [2.45, 2.75) is 25.7 Å². The van der Waals surface area contributed by atoms with Gasteiger partial charge in [-0.2, -0.15) is 0 Å². The van der Waals surface area contributed by atoms with Crippen LogP contribution in [-0.2, 0) is 43.0 Å². The molecule has 30 heavy (non-hydrogen) atoms. The van der Waals surface area contributed by atoms with E-state index in [9.17, 15) is 14.5 Å². The van der Waals surface area contributed by atoms with Crippen LogP contribution in [-0.4, -0.2) is 16.9 Å². The van der Waals surface area contributed by atoms with Gasteiger partial charge in [-0.1, -0.05) is 91.0 Å². The maximum Gasteiger partial charge on any atom is 0.371 e. The predicted octanol–water partition coefficient (Wildman–Crippen LogP) is 4.67. The zero-order valence-electron chi connectivity index (χ0n) is 16.3. The third-order valence-electron chi connectivity index (χ3n) is 4.24. The zero-order chi connectivity index (χ0) is 21.2. The SMILES string of the molecule is O=C(OCc1ccccc1)C(O)P(=O)(OCc1ccccc1)OCc1ccccc1. The first-order valence-electron chi connectivity index (χ1n) is 9.42. The molecule has 3 aromatic rings. The van der Waals surface area contributed by atoms with Crippen molar-refractivity contribution in [1.82, 2.24) is 0 Å². The minimum Gasteiger partial charge on any atom is -0.458 e. The van der Waals surface area contributed by atoms with E-state index in [1.165, 1.54) is 0 Å². The van der Waals surface area contributed by atoms with Crippen LogP contribution in [0.5, 0.6) is 0 Å². The summed E-state index contributed by atoms with van der Waals surface area (Å²) in [6, 6.07) is 27.0. The molecule has 0 amide bonds. The Hall–Kier alpha value is -2.76. The van der Waals surface area contributed by atoms with E-state index in [4.69, 9.17) is 13.8 Å². The Balaban J connectivity index is 1.69. The predicted molar refractivity (Wildman–Crippen MR) is 112 cm³/mol. The van der Waals surface area contributed by atoms with E-state index < -0.39 is 19.4 Å². The van der Waals surface area contributed by atoms with Crippen LogP contribution in [0.2, 0.25) is 0 Å². The van der Waals surface area contributed by atoms with Crippen molar-refractivity contribution in [2.75, 3.05) is 0 Å². The van der Waals surface area contributed by atoms with Crippen molar-refractivity contribution in [1.29, 1.82) is 0 Å². The van der Waals surface area contributed by atoms with E-state index in [2.05, 4.69) is 0 Å². The number of hydrogen-bond acceptors (Lipinski definition) is 6. The molecule has 7 heteroatoms. The highest BCUT2D eigenvalue weighted by molar-refractivity contribution is 7.55. The Morgan fingerprint density at radius 3 is 1.47 bits per heavy atom. The maximum atomic E-state index is 13.3. The second-order valence-corrected chi connectivity index (χ2v) is 8.61. The fourth-order valence-corrected chi connectivity index (χ4v) is 3.94. The van der Waals surface area contributed by atoms with Crippen LogP contribution in [0.15, 0.2) is 91.0 Å². The van der Waals surface area contributed by atoms with Crippen LogP contribution < -0.4 is 0 Å². The van der Waals surface area contributed by atoms with E-state index in [0.717, 1.165) is 16.7 Å². The maximum absolute atomic E-state index is 13.3. The highest BCUT2D eigenvalue weighted by atomic mass is 31.2. The molecule has 1 atom stereocenters. The van der Waals surface area contributed by atoms with Gasteiger partial charge in [0.15, 0.2) is 0 Å². The Morgan fingerprint density at radius 2 is 1.07 bits per heavy atom. The summed E-state index contributed by atoms with van der Waals surface area (Å²) in [5, 5.41) is 10.5. The summed E-state index contributed by atoms with van der Waals surface area (Å²) in [4.78, 5) is 12.4. The average molecular weight is 426 g/mol. The van der Waals surface area contributed by atoms with E-state index in [1.54, 1.807) is 72.8 Å². The first-order chi connectivity index (χ1) is 14.6. The van der Waals surface area contributed by atoms with Gasteiger partial charge >= 0.3 is 13.6 Å². The van der Waals surface area contributed by atoms with Crippen LogP contribution in [0, 0.1) is 0 Å². The van der Waals surface area contributed by atoms with Crippen molar-refractivity contribution in [2.24, 2.45) is 0 Å². The van der Waals surface area contributed by atoms with Gasteiger partial charge < -0.3 is 18.9 Å². The van der Waals surface area contributed by atoms with Crippen molar-refractivity contribution < 1.29 is 28.3 Å². The number of hydrogen-bond donors (Lipinski definition) is 1. The van der Waals surface area contributed by atoms with E-state index in [-0.39, 0.29) is 19.8 Å². The number of carbonyl (C=O) groups is 1. The van der Waals surface area contributed by atoms with Crippen LogP contribution in [0.3, 0.4) is 0 Å². The molecule has 156 valence electrons. The van der Waals surface area contributed by atoms with Gasteiger partial charge in [0.25, 0.3) is 5.85 Å². The molecule has 0 bridgehead atoms. The van der Waals surface area contributed by atoms with Crippen LogP contribution in [0.4, 0.5) is 0 Å². The largest absolute Gasteiger partial charge is 0.458 e. The molecule has 0 saturated carbocycles. The highest BCUT2D eigenvalue weighted by Gasteiger charge is 2.41. The van der Waals surface area contributed by atoms with E-state index in [0.29, 0.717) is 0 Å². The lowest BCUT2D eigenvalue weighted by Gasteiger charge is -2.22. The van der Waals surface area contributed by atoms with Gasteiger partial charge in [-0.05, 0) is 16.7 Å². The lowest BCUT2D eigenvalue weighted by Crippen LogP contribution is -2.25. The lowest BCUT2D eigenvalue weighted by atomic mass is 10.2. The molecule has 0 aromatic heterocycles. The monoisotopic (exact) mass is 426 g/mol. The number of esters is 1. The average Bonchev–Trinajstić information content (AvgIpc) is 2.81. The van der Waals surface area contributed by atoms with Crippen molar-refractivity contribution in [3.05, 3.63) is 108 Å². The lowest BCUT2D eigenvalue weighted by molar-refractivity contribution is -0.151. The van der Waals surface area contributed by atoms with Crippen LogP contribution in [0.1, 0.15) is 16.7 Å². The number of aliphatic hydroxyl groups excluding tert-OH is 1. The molecule has 0 aliphatic heterocycles. The molecule has 0 aliphatic carbocycles. The summed E-state index contributed by atoms with van der Waals surface area (Å²) in [6.45, 7) is -0.236. The number of benzene rings is 3. The summed E-state index contributed by atoms with van der Waals surface area (Å²) >= 11 is 0. The van der Waals surface area contributed by atoms with Gasteiger partial charge in [-0.25, -0.2) is 4.79 Å². The summed E-state index contributed by atoms with van der Waals surface area (Å²) in [5.74, 6) is -3.13. The van der Waals surface area contributed by atoms with Gasteiger partial charge in [-0.3, -0.25) is 4.57 Å². The minimum absolute atomic E-state index is 0.0614. The van der Waals surface area contributed by atoms with Gasteiger partial charge in [0.2, 0.25) is 0 Å². The Kier molecular flexibility index (Phi) is 7.94. The fraction of sp³-hybridized carbons (Fsp3) is 0.174. The smallest absolute Gasteiger partial charge is 0.371 e. The second-order valence-electron chi connectivity index (χ2n) is 6.52. The van der Waals surface area contributed by atoms with E-state index in [1.807, 2.05) is 18.2 Å². The van der Waals surface area contributed by atoms with Crippen molar-refractivity contribution in [3.8, 4) is 0 Å². The molecule has 0 radical (unpaired) electrons. The third kappa shape index (κ3) is 6.37. The van der Waals surface area contributed by atoms with Crippen molar-refractivity contribution in [3.63, 3.8) is 0 Å². The van der Waals surface area contributed by atoms with Gasteiger partial charge in [0, 0.05) is 0 Å². The van der Waals surface area contributed by atoms with Gasteiger partial charge in [0.05, 0.1) is 13.2 Å². The molecule has 0 saturated heterocycles. The molecule has 6 nitrogen and oxygen atoms in total. The molecule has 3 rings (SSSR count). The normalized spacial score (nSPS) is 12.3. The zero-order valence-corrected chi connectivity index (χ0v) is 17.2. The molecular formula is C23H23O6P. The van der Waals surface area contributed by atoms with Gasteiger partial charge in [0.1, 0.15) is 6.61 Å². The van der Waals surface area contributed by atoms with Crippen molar-refractivity contribution >= 4 is 13.6 Å². The number of aliphatic hydroxyl groups is 1. The first kappa shape index (κ1) is 21.9. The molecule has 0 aliphatic rings. The summed E-state index contributed by atoms with van der Waals surface area (Å²) < 4.78 is 29.3. The Bertz CT molecular complexity index is 915. The minimum atomic E-state index is -4.24. The molecule has 0 heterocycles. The van der Waals surface area contributed by atoms with Gasteiger partial charge in [-0.15, -0.1) is 0 Å². The second kappa shape index (κ2) is 10.9. The number of carbonyl (C=O) groups excluding carboxylic acids is 1. The Morgan fingerprint density at radius 1 is 0.700 bits per heavy atom. The summed E-state index contributed by atoms with van der Waals surface area (Å²) in [5.41, 5.74) is 2.19.